The number of hydrogen-bond donors (Lipinski definition) is 1. The summed E-state index contributed by atoms with van der Waals surface area (Å²) in [5, 5.41) is 9.41. The molecule has 1 aliphatic carbocycles. The lowest BCUT2D eigenvalue weighted by Crippen LogP contribution is -2.52. The van der Waals surface area contributed by atoms with Crippen LogP contribution in [0.3, 0.4) is 0 Å². The summed E-state index contributed by atoms with van der Waals surface area (Å²) < 4.78 is 39.6. The first-order valence-corrected chi connectivity index (χ1v) is 14.5. The molecule has 1 aromatic carbocycles. The maximum Gasteiger partial charge on any atom is 0.391 e. The van der Waals surface area contributed by atoms with E-state index < -0.39 is 23.7 Å². The van der Waals surface area contributed by atoms with E-state index in [4.69, 9.17) is 4.99 Å². The van der Waals surface area contributed by atoms with Crippen molar-refractivity contribution in [1.29, 1.82) is 0 Å². The third-order valence-corrected chi connectivity index (χ3v) is 8.87. The van der Waals surface area contributed by atoms with Crippen LogP contribution in [0.1, 0.15) is 108 Å². The van der Waals surface area contributed by atoms with Gasteiger partial charge in [0.2, 0.25) is 0 Å². The van der Waals surface area contributed by atoms with Crippen LogP contribution in [0, 0.1) is 23.2 Å². The number of halogens is 3. The third kappa shape index (κ3) is 7.19. The molecule has 0 aromatic heterocycles. The molecule has 6 nitrogen and oxygen atoms in total. The number of aliphatic imine (C=N–C) groups is 1. The average molecular weight is 566 g/mol. The first-order valence-electron chi connectivity index (χ1n) is 14.5. The van der Waals surface area contributed by atoms with Crippen LogP contribution < -0.4 is 0 Å². The van der Waals surface area contributed by atoms with Crippen molar-refractivity contribution in [3.63, 3.8) is 0 Å². The number of amides is 1. The predicted octanol–water partition coefficient (Wildman–Crippen LogP) is 7.56. The highest BCUT2D eigenvalue weighted by molar-refractivity contribution is 6.39. The van der Waals surface area contributed by atoms with Crippen LogP contribution in [0.15, 0.2) is 29.3 Å². The van der Waals surface area contributed by atoms with Gasteiger partial charge in [-0.3, -0.25) is 4.79 Å². The van der Waals surface area contributed by atoms with E-state index in [-0.39, 0.29) is 41.7 Å². The number of carbonyl (C=O) groups is 2. The van der Waals surface area contributed by atoms with E-state index in [1.165, 1.54) is 0 Å². The Morgan fingerprint density at radius 1 is 1.07 bits per heavy atom. The van der Waals surface area contributed by atoms with E-state index in [1.54, 1.807) is 36.2 Å². The Balaban J connectivity index is 2.01. The van der Waals surface area contributed by atoms with Gasteiger partial charge < -0.3 is 14.9 Å². The smallest absolute Gasteiger partial charge is 0.391 e. The summed E-state index contributed by atoms with van der Waals surface area (Å²) in [6.45, 7) is 12.2. The number of nitrogens with zero attached hydrogens (tertiary/aromatic N) is 3. The second-order valence-corrected chi connectivity index (χ2v) is 13.3. The lowest BCUT2D eigenvalue weighted by molar-refractivity contribution is -0.171. The third-order valence-electron chi connectivity index (χ3n) is 8.87. The molecule has 1 heterocycles. The van der Waals surface area contributed by atoms with Crippen LogP contribution in [-0.4, -0.2) is 58.1 Å². The first kappa shape index (κ1) is 31.9. The van der Waals surface area contributed by atoms with Crippen LogP contribution >= 0.6 is 0 Å². The number of carboxylic acids is 1. The van der Waals surface area contributed by atoms with Gasteiger partial charge in [-0.25, -0.2) is 9.79 Å². The molecular formula is C31H46F3N3O3. The highest BCUT2D eigenvalue weighted by atomic mass is 19.4. The quantitative estimate of drug-likeness (QED) is 0.335. The van der Waals surface area contributed by atoms with Crippen molar-refractivity contribution < 1.29 is 27.9 Å². The second kappa shape index (κ2) is 12.1. The Hall–Kier alpha value is -2.58. The molecule has 0 radical (unpaired) electrons. The summed E-state index contributed by atoms with van der Waals surface area (Å²) in [4.78, 5) is 34.2. The van der Waals surface area contributed by atoms with Crippen molar-refractivity contribution in [2.75, 3.05) is 13.6 Å². The summed E-state index contributed by atoms with van der Waals surface area (Å²) in [5.74, 6) is -1.67. The monoisotopic (exact) mass is 565 g/mol. The Morgan fingerprint density at radius 2 is 1.65 bits per heavy atom. The van der Waals surface area contributed by atoms with Gasteiger partial charge in [0.1, 0.15) is 5.66 Å². The molecule has 1 saturated carbocycles. The lowest BCUT2D eigenvalue weighted by atomic mass is 9.69. The zero-order valence-corrected chi connectivity index (χ0v) is 25.0. The molecule has 2 atom stereocenters. The molecule has 0 bridgehead atoms. The number of carboxylic acid groups (broad SMARTS) is 1. The van der Waals surface area contributed by atoms with Crippen LogP contribution in [0.4, 0.5) is 13.2 Å². The topological polar surface area (TPSA) is 73.2 Å². The minimum atomic E-state index is -4.29. The summed E-state index contributed by atoms with van der Waals surface area (Å²) >= 11 is 0. The lowest BCUT2D eigenvalue weighted by Gasteiger charge is -2.47. The summed E-state index contributed by atoms with van der Waals surface area (Å²) in [5.41, 5.74) is 0.372. The van der Waals surface area contributed by atoms with E-state index in [0.717, 1.165) is 31.7 Å². The van der Waals surface area contributed by atoms with Crippen LogP contribution in [-0.2, 0) is 4.79 Å². The van der Waals surface area contributed by atoms with Gasteiger partial charge in [-0.2, -0.15) is 13.2 Å². The SMILES string of the molecule is CC(C)CCC(c1ccc(C(=O)O)cc1)N1C(=O)C(N(C)CCC(C)C(F)(F)F)=NC12CCC(C(C)(C)C)CC2. The molecule has 0 saturated heterocycles. The summed E-state index contributed by atoms with van der Waals surface area (Å²) in [6, 6.07) is 6.37. The Morgan fingerprint density at radius 3 is 2.12 bits per heavy atom. The second-order valence-electron chi connectivity index (χ2n) is 13.3. The highest BCUT2D eigenvalue weighted by Crippen LogP contribution is 2.49. The molecular weight excluding hydrogens is 519 g/mol. The van der Waals surface area contributed by atoms with E-state index in [0.29, 0.717) is 31.1 Å². The van der Waals surface area contributed by atoms with Crippen molar-refractivity contribution in [2.24, 2.45) is 28.2 Å². The number of hydrogen-bond acceptors (Lipinski definition) is 4. The number of benzene rings is 1. The molecule has 224 valence electrons. The molecule has 40 heavy (non-hydrogen) atoms. The van der Waals surface area contributed by atoms with Gasteiger partial charge in [0, 0.05) is 13.6 Å². The number of alkyl halides is 3. The van der Waals surface area contributed by atoms with Gasteiger partial charge in [0.25, 0.3) is 5.91 Å². The fourth-order valence-electron chi connectivity index (χ4n) is 6.02. The Labute approximate surface area is 237 Å². The van der Waals surface area contributed by atoms with Gasteiger partial charge >= 0.3 is 12.1 Å². The molecule has 1 amide bonds. The average Bonchev–Trinajstić information content (AvgIpc) is 3.13. The van der Waals surface area contributed by atoms with E-state index in [1.807, 2.05) is 4.90 Å². The minimum absolute atomic E-state index is 0.0732. The molecule has 1 aliphatic heterocycles. The van der Waals surface area contributed by atoms with Crippen molar-refractivity contribution >= 4 is 17.7 Å². The normalized spacial score (nSPS) is 23.5. The number of amidine groups is 1. The summed E-state index contributed by atoms with van der Waals surface area (Å²) in [6.07, 6.45) is 0.276. The summed E-state index contributed by atoms with van der Waals surface area (Å²) in [7, 11) is 1.66. The van der Waals surface area contributed by atoms with Crippen molar-refractivity contribution in [2.45, 2.75) is 104 Å². The standard InChI is InChI=1S/C31H46F3N3O3/c1-20(2)8-13-25(22-9-11-23(12-10-22)28(39)40)37-27(38)26(36(7)19-16-21(3)31(32,33)34)35-30(37)17-14-24(15-18-30)29(4,5)6/h9-12,20-21,24-25H,8,13-19H2,1-7H3,(H,39,40). The van der Waals surface area contributed by atoms with Gasteiger partial charge in [-0.15, -0.1) is 0 Å². The molecule has 3 rings (SSSR count). The van der Waals surface area contributed by atoms with E-state index >= 15 is 0 Å². The van der Waals surface area contributed by atoms with Gasteiger partial charge in [0.05, 0.1) is 17.5 Å². The Kier molecular flexibility index (Phi) is 9.67. The number of rotatable bonds is 9. The molecule has 1 spiro atoms. The van der Waals surface area contributed by atoms with Crippen LogP contribution in [0.2, 0.25) is 0 Å². The van der Waals surface area contributed by atoms with Gasteiger partial charge in [-0.1, -0.05) is 53.7 Å². The molecule has 1 fully saturated rings. The molecule has 1 aromatic rings. The fraction of sp³-hybridized carbons (Fsp3) is 0.710. The fourth-order valence-corrected chi connectivity index (χ4v) is 6.02. The number of carbonyl (C=O) groups excluding carboxylic acids is 1. The van der Waals surface area contributed by atoms with Crippen LogP contribution in [0.5, 0.6) is 0 Å². The van der Waals surface area contributed by atoms with Crippen LogP contribution in [0.25, 0.3) is 0 Å². The highest BCUT2D eigenvalue weighted by Gasteiger charge is 2.53. The number of likely N-dealkylation sites (N-methyl/N-ethyl adjacent to an activating group) is 1. The maximum atomic E-state index is 14.2. The Bertz CT molecular complexity index is 1070. The molecule has 1 N–H and O–H groups in total. The van der Waals surface area contributed by atoms with Gasteiger partial charge in [0.15, 0.2) is 5.84 Å². The molecule has 9 heteroatoms. The maximum absolute atomic E-state index is 14.2. The van der Waals surface area contributed by atoms with Crippen molar-refractivity contribution in [1.82, 2.24) is 9.80 Å². The predicted molar refractivity (Wildman–Crippen MR) is 151 cm³/mol. The molecule has 2 aliphatic rings. The first-order chi connectivity index (χ1) is 18.5. The minimum Gasteiger partial charge on any atom is -0.478 e. The van der Waals surface area contributed by atoms with Crippen molar-refractivity contribution in [3.8, 4) is 0 Å². The van der Waals surface area contributed by atoms with Gasteiger partial charge in [-0.05, 0) is 79.9 Å². The zero-order valence-electron chi connectivity index (χ0n) is 25.0. The molecule has 2 unspecified atom stereocenters. The van der Waals surface area contributed by atoms with Crippen molar-refractivity contribution in [3.05, 3.63) is 35.4 Å². The zero-order chi connectivity index (χ0) is 30.0. The van der Waals surface area contributed by atoms with E-state index in [2.05, 4.69) is 34.6 Å². The van der Waals surface area contributed by atoms with E-state index in [9.17, 15) is 27.9 Å². The number of aromatic carboxylic acids is 1. The largest absolute Gasteiger partial charge is 0.478 e.